The first kappa shape index (κ1) is 20.9. The number of nitro groups is 1. The molecule has 0 radical (unpaired) electrons. The molecule has 148 valence electrons. The summed E-state index contributed by atoms with van der Waals surface area (Å²) in [4.78, 5) is 36.5. The smallest absolute Gasteiger partial charge is 0.269 e. The van der Waals surface area contributed by atoms with Crippen LogP contribution < -0.4 is 10.1 Å². The van der Waals surface area contributed by atoms with Crippen LogP contribution >= 0.6 is 0 Å². The van der Waals surface area contributed by atoms with Gasteiger partial charge in [0.25, 0.3) is 17.5 Å². The molecular weight excluding hydrogens is 362 g/mol. The van der Waals surface area contributed by atoms with Gasteiger partial charge in [0.2, 0.25) is 0 Å². The quantitative estimate of drug-likeness (QED) is 0.554. The van der Waals surface area contributed by atoms with E-state index >= 15 is 0 Å². The number of hydrogen-bond acceptors (Lipinski definition) is 5. The molecule has 0 aliphatic carbocycles. The molecule has 2 rings (SSSR count). The van der Waals surface area contributed by atoms with Crippen LogP contribution in [0.25, 0.3) is 0 Å². The maximum Gasteiger partial charge on any atom is 0.269 e. The number of carbonyl (C=O) groups excluding carboxylic acids is 2. The number of carbonyl (C=O) groups is 2. The van der Waals surface area contributed by atoms with Crippen LogP contribution in [-0.2, 0) is 4.79 Å². The number of ether oxygens (including phenoxy) is 1. The number of amides is 2. The maximum atomic E-state index is 12.3. The molecule has 0 saturated heterocycles. The van der Waals surface area contributed by atoms with Gasteiger partial charge < -0.3 is 15.0 Å². The second kappa shape index (κ2) is 9.50. The minimum absolute atomic E-state index is 0.0520. The lowest BCUT2D eigenvalue weighted by Crippen LogP contribution is -2.31. The van der Waals surface area contributed by atoms with Crippen LogP contribution in [0.1, 0.15) is 31.1 Å². The van der Waals surface area contributed by atoms with Crippen molar-refractivity contribution in [2.24, 2.45) is 0 Å². The highest BCUT2D eigenvalue weighted by atomic mass is 16.6. The lowest BCUT2D eigenvalue weighted by atomic mass is 10.1. The van der Waals surface area contributed by atoms with Crippen LogP contribution in [0, 0.1) is 10.1 Å². The first-order valence-electron chi connectivity index (χ1n) is 8.97. The summed E-state index contributed by atoms with van der Waals surface area (Å²) >= 11 is 0. The van der Waals surface area contributed by atoms with Crippen LogP contribution in [0.3, 0.4) is 0 Å². The maximum absolute atomic E-state index is 12.3. The average molecular weight is 385 g/mol. The molecule has 8 nitrogen and oxygen atoms in total. The van der Waals surface area contributed by atoms with Crippen molar-refractivity contribution in [2.45, 2.75) is 26.9 Å². The number of anilines is 1. The third-order valence-electron chi connectivity index (χ3n) is 4.18. The molecule has 28 heavy (non-hydrogen) atoms. The van der Waals surface area contributed by atoms with Crippen LogP contribution in [-0.4, -0.2) is 40.8 Å². The Labute approximate surface area is 163 Å². The number of nitrogens with one attached hydrogen (secondary N) is 1. The molecule has 0 aliphatic rings. The molecular formula is C20H23N3O5. The first-order valence-corrected chi connectivity index (χ1v) is 8.97. The number of rotatable bonds is 8. The van der Waals surface area contributed by atoms with Gasteiger partial charge in [-0.1, -0.05) is 0 Å². The number of hydrogen-bond donors (Lipinski definition) is 1. The zero-order chi connectivity index (χ0) is 20.7. The topological polar surface area (TPSA) is 102 Å². The summed E-state index contributed by atoms with van der Waals surface area (Å²) in [5.74, 6) is -0.0765. The second-order valence-corrected chi connectivity index (χ2v) is 6.06. The van der Waals surface area contributed by atoms with E-state index in [0.29, 0.717) is 30.1 Å². The van der Waals surface area contributed by atoms with Gasteiger partial charge >= 0.3 is 0 Å². The lowest BCUT2D eigenvalue weighted by molar-refractivity contribution is -0.384. The largest absolute Gasteiger partial charge is 0.481 e. The predicted octanol–water partition coefficient (Wildman–Crippen LogP) is 3.48. The Morgan fingerprint density at radius 3 is 2.14 bits per heavy atom. The molecule has 0 heterocycles. The number of nitrogens with zero attached hydrogens (tertiary/aromatic N) is 2. The highest BCUT2D eigenvalue weighted by Gasteiger charge is 2.17. The summed E-state index contributed by atoms with van der Waals surface area (Å²) in [6, 6.07) is 12.2. The third-order valence-corrected chi connectivity index (χ3v) is 4.18. The van der Waals surface area contributed by atoms with Gasteiger partial charge in [0.1, 0.15) is 5.75 Å². The zero-order valence-electron chi connectivity index (χ0n) is 16.0. The standard InChI is InChI=1S/C20H23N3O5/c1-4-22(5-2)20(25)15-6-8-16(9-7-15)21-19(24)14(3)28-18-12-10-17(11-13-18)23(26)27/h6-14H,4-5H2,1-3H3,(H,21,24). The van der Waals surface area contributed by atoms with Crippen molar-refractivity contribution in [3.05, 3.63) is 64.2 Å². The fraction of sp³-hybridized carbons (Fsp3) is 0.300. The molecule has 1 N–H and O–H groups in total. The van der Waals surface area contributed by atoms with Crippen LogP contribution in [0.15, 0.2) is 48.5 Å². The SMILES string of the molecule is CCN(CC)C(=O)c1ccc(NC(=O)C(C)Oc2ccc([N+](=O)[O-])cc2)cc1. The van der Waals surface area contributed by atoms with Crippen molar-refractivity contribution in [1.29, 1.82) is 0 Å². The van der Waals surface area contributed by atoms with Gasteiger partial charge in [-0.2, -0.15) is 0 Å². The van der Waals surface area contributed by atoms with Gasteiger partial charge in [0, 0.05) is 36.5 Å². The van der Waals surface area contributed by atoms with Crippen molar-refractivity contribution < 1.29 is 19.2 Å². The molecule has 1 atom stereocenters. The zero-order valence-corrected chi connectivity index (χ0v) is 16.0. The van der Waals surface area contributed by atoms with Crippen molar-refractivity contribution >= 4 is 23.2 Å². The molecule has 2 aromatic rings. The number of benzene rings is 2. The Morgan fingerprint density at radius 1 is 1.07 bits per heavy atom. The normalized spacial score (nSPS) is 11.4. The second-order valence-electron chi connectivity index (χ2n) is 6.06. The van der Waals surface area contributed by atoms with E-state index in [1.165, 1.54) is 24.3 Å². The van der Waals surface area contributed by atoms with Gasteiger partial charge in [0.05, 0.1) is 4.92 Å². The Balaban J connectivity index is 1.96. The van der Waals surface area contributed by atoms with E-state index < -0.39 is 11.0 Å². The van der Waals surface area contributed by atoms with Crippen molar-refractivity contribution in [3.63, 3.8) is 0 Å². The van der Waals surface area contributed by atoms with Crippen molar-refractivity contribution in [3.8, 4) is 5.75 Å². The van der Waals surface area contributed by atoms with Gasteiger partial charge in [-0.25, -0.2) is 0 Å². The molecule has 0 spiro atoms. The fourth-order valence-corrected chi connectivity index (χ4v) is 2.54. The molecule has 0 aromatic heterocycles. The Morgan fingerprint density at radius 2 is 1.64 bits per heavy atom. The highest BCUT2D eigenvalue weighted by molar-refractivity contribution is 5.96. The highest BCUT2D eigenvalue weighted by Crippen LogP contribution is 2.19. The fourth-order valence-electron chi connectivity index (χ4n) is 2.54. The molecule has 0 fully saturated rings. The Kier molecular flexibility index (Phi) is 7.08. The van der Waals surface area contributed by atoms with Gasteiger partial charge in [-0.15, -0.1) is 0 Å². The van der Waals surface area contributed by atoms with Crippen LogP contribution in [0.2, 0.25) is 0 Å². The minimum Gasteiger partial charge on any atom is -0.481 e. The molecule has 0 bridgehead atoms. The van der Waals surface area contributed by atoms with E-state index in [4.69, 9.17) is 4.74 Å². The van der Waals surface area contributed by atoms with E-state index in [1.54, 1.807) is 36.1 Å². The summed E-state index contributed by atoms with van der Waals surface area (Å²) in [6.07, 6.45) is -0.807. The molecule has 2 amide bonds. The summed E-state index contributed by atoms with van der Waals surface area (Å²) in [7, 11) is 0. The van der Waals surface area contributed by atoms with Gasteiger partial charge in [-0.3, -0.25) is 19.7 Å². The molecule has 8 heteroatoms. The van der Waals surface area contributed by atoms with E-state index in [2.05, 4.69) is 5.32 Å². The molecule has 0 saturated carbocycles. The first-order chi connectivity index (χ1) is 13.3. The van der Waals surface area contributed by atoms with E-state index in [1.807, 2.05) is 13.8 Å². The van der Waals surface area contributed by atoms with Crippen molar-refractivity contribution in [2.75, 3.05) is 18.4 Å². The monoisotopic (exact) mass is 385 g/mol. The summed E-state index contributed by atoms with van der Waals surface area (Å²) < 4.78 is 5.51. The average Bonchev–Trinajstić information content (AvgIpc) is 2.69. The van der Waals surface area contributed by atoms with E-state index in [-0.39, 0.29) is 17.5 Å². The minimum atomic E-state index is -0.807. The van der Waals surface area contributed by atoms with Gasteiger partial charge in [-0.05, 0) is 57.2 Å². The third kappa shape index (κ3) is 5.29. The predicted molar refractivity (Wildman–Crippen MR) is 106 cm³/mol. The summed E-state index contributed by atoms with van der Waals surface area (Å²) in [5.41, 5.74) is 1.04. The number of non-ortho nitro benzene ring substituents is 1. The summed E-state index contributed by atoms with van der Waals surface area (Å²) in [5, 5.41) is 13.4. The Bertz CT molecular complexity index is 830. The Hall–Kier alpha value is -3.42. The van der Waals surface area contributed by atoms with Crippen LogP contribution in [0.4, 0.5) is 11.4 Å². The van der Waals surface area contributed by atoms with E-state index in [9.17, 15) is 19.7 Å². The van der Waals surface area contributed by atoms with Gasteiger partial charge in [0.15, 0.2) is 6.10 Å². The lowest BCUT2D eigenvalue weighted by Gasteiger charge is -2.19. The molecule has 2 aromatic carbocycles. The molecule has 0 aliphatic heterocycles. The summed E-state index contributed by atoms with van der Waals surface area (Å²) in [6.45, 7) is 6.68. The van der Waals surface area contributed by atoms with E-state index in [0.717, 1.165) is 0 Å². The molecule has 1 unspecified atom stereocenters. The van der Waals surface area contributed by atoms with Crippen molar-refractivity contribution in [1.82, 2.24) is 4.90 Å². The van der Waals surface area contributed by atoms with Crippen LogP contribution in [0.5, 0.6) is 5.75 Å². The number of nitro benzene ring substituents is 1.